The molecule has 3 rings (SSSR count). The number of hydrogen-bond acceptors (Lipinski definition) is 4. The van der Waals surface area contributed by atoms with Crippen LogP contribution in [0.5, 0.6) is 0 Å². The number of rotatable bonds is 5. The molecule has 5 nitrogen and oxygen atoms in total. The lowest BCUT2D eigenvalue weighted by molar-refractivity contribution is 0.0519. The lowest BCUT2D eigenvalue weighted by atomic mass is 10.0. The molecule has 0 atom stereocenters. The van der Waals surface area contributed by atoms with E-state index < -0.39 is 5.97 Å². The molecule has 0 amide bonds. The van der Waals surface area contributed by atoms with Gasteiger partial charge in [0.15, 0.2) is 11.3 Å². The number of fused-ring (bicyclic) bond motifs is 1. The third-order valence-corrected chi connectivity index (χ3v) is 4.37. The Bertz CT molecular complexity index is 742. The maximum Gasteiger partial charge on any atom is 0.358 e. The first-order chi connectivity index (χ1) is 11.1. The van der Waals surface area contributed by atoms with Crippen molar-refractivity contribution in [3.05, 3.63) is 35.8 Å². The third kappa shape index (κ3) is 3.28. The second-order valence-electron chi connectivity index (χ2n) is 6.29. The summed E-state index contributed by atoms with van der Waals surface area (Å²) in [6.07, 6.45) is 6.18. The molecule has 0 saturated heterocycles. The van der Waals surface area contributed by atoms with E-state index in [0.29, 0.717) is 17.9 Å². The van der Waals surface area contributed by atoms with Crippen molar-refractivity contribution >= 4 is 17.2 Å². The van der Waals surface area contributed by atoms with E-state index in [1.54, 1.807) is 17.5 Å². The molecule has 0 spiro atoms. The van der Waals surface area contributed by atoms with E-state index in [4.69, 9.17) is 9.72 Å². The summed E-state index contributed by atoms with van der Waals surface area (Å²) < 4.78 is 6.72. The molecule has 0 aromatic carbocycles. The zero-order valence-corrected chi connectivity index (χ0v) is 13.8. The van der Waals surface area contributed by atoms with Gasteiger partial charge in [-0.15, -0.1) is 0 Å². The van der Waals surface area contributed by atoms with Gasteiger partial charge in [0.2, 0.25) is 0 Å². The summed E-state index contributed by atoms with van der Waals surface area (Å²) in [5.41, 5.74) is 3.83. The van der Waals surface area contributed by atoms with E-state index in [9.17, 15) is 4.79 Å². The van der Waals surface area contributed by atoms with E-state index in [1.807, 2.05) is 6.92 Å². The first-order valence-corrected chi connectivity index (χ1v) is 8.31. The smallest absolute Gasteiger partial charge is 0.358 e. The fourth-order valence-corrected chi connectivity index (χ4v) is 3.25. The average molecular weight is 313 g/mol. The zero-order valence-electron chi connectivity index (χ0n) is 13.8. The number of hydrogen-bond donors (Lipinski definition) is 0. The van der Waals surface area contributed by atoms with E-state index in [-0.39, 0.29) is 0 Å². The minimum absolute atomic E-state index is 0.292. The summed E-state index contributed by atoms with van der Waals surface area (Å²) in [4.78, 5) is 16.6. The standard InChI is InChI=1S/C18H23N3O2/c1-4-23-18(22)15-11-17-19-14(9-13-7-5-6-8-13)10-16(12(2)3)21(17)20-15/h10-11,13H,2,4-9H2,1,3H3. The van der Waals surface area contributed by atoms with Crippen molar-refractivity contribution < 1.29 is 9.53 Å². The Labute approximate surface area is 136 Å². The van der Waals surface area contributed by atoms with Crippen LogP contribution < -0.4 is 0 Å². The van der Waals surface area contributed by atoms with Gasteiger partial charge in [0.05, 0.1) is 12.3 Å². The first kappa shape index (κ1) is 15.7. The highest BCUT2D eigenvalue weighted by Crippen LogP contribution is 2.28. The minimum atomic E-state index is -0.414. The largest absolute Gasteiger partial charge is 0.461 e. The third-order valence-electron chi connectivity index (χ3n) is 4.37. The van der Waals surface area contributed by atoms with E-state index in [1.165, 1.54) is 25.7 Å². The quantitative estimate of drug-likeness (QED) is 0.790. The van der Waals surface area contributed by atoms with Crippen molar-refractivity contribution in [1.29, 1.82) is 0 Å². The summed E-state index contributed by atoms with van der Waals surface area (Å²) in [6, 6.07) is 3.75. The molecule has 0 N–H and O–H groups in total. The Morgan fingerprint density at radius 1 is 1.39 bits per heavy atom. The second-order valence-corrected chi connectivity index (χ2v) is 6.29. The summed E-state index contributed by atoms with van der Waals surface area (Å²) >= 11 is 0. The number of aromatic nitrogens is 3. The van der Waals surface area contributed by atoms with Crippen molar-refractivity contribution in [3.63, 3.8) is 0 Å². The van der Waals surface area contributed by atoms with Crippen molar-refractivity contribution in [2.75, 3.05) is 6.61 Å². The maximum absolute atomic E-state index is 11.9. The van der Waals surface area contributed by atoms with Crippen LogP contribution in [0.3, 0.4) is 0 Å². The van der Waals surface area contributed by atoms with Crippen LogP contribution in [0.15, 0.2) is 18.7 Å². The predicted octanol–water partition coefficient (Wildman–Crippen LogP) is 3.67. The molecule has 0 unspecified atom stereocenters. The number of nitrogens with zero attached hydrogens (tertiary/aromatic N) is 3. The van der Waals surface area contributed by atoms with Gasteiger partial charge in [-0.05, 0) is 37.8 Å². The molecule has 2 aromatic heterocycles. The SMILES string of the molecule is C=C(C)c1cc(CC2CCCC2)nc2cc(C(=O)OCC)nn12. The van der Waals surface area contributed by atoms with Crippen LogP contribution in [-0.2, 0) is 11.2 Å². The number of carbonyl (C=O) groups is 1. The maximum atomic E-state index is 11.9. The van der Waals surface area contributed by atoms with Crippen LogP contribution in [0.25, 0.3) is 11.2 Å². The van der Waals surface area contributed by atoms with Crippen LogP contribution in [0.4, 0.5) is 0 Å². The number of carbonyl (C=O) groups excluding carboxylic acids is 1. The predicted molar refractivity (Wildman–Crippen MR) is 89.3 cm³/mol. The molecule has 2 heterocycles. The Morgan fingerprint density at radius 2 is 2.13 bits per heavy atom. The van der Waals surface area contributed by atoms with Crippen LogP contribution in [0, 0.1) is 5.92 Å². The van der Waals surface area contributed by atoms with Crippen LogP contribution >= 0.6 is 0 Å². The van der Waals surface area contributed by atoms with Gasteiger partial charge < -0.3 is 4.74 Å². The number of allylic oxidation sites excluding steroid dienone is 1. The molecule has 2 aromatic rings. The number of esters is 1. The highest BCUT2D eigenvalue weighted by Gasteiger charge is 2.19. The Morgan fingerprint density at radius 3 is 2.78 bits per heavy atom. The monoisotopic (exact) mass is 313 g/mol. The molecule has 0 radical (unpaired) electrons. The van der Waals surface area contributed by atoms with E-state index >= 15 is 0 Å². The van der Waals surface area contributed by atoms with Crippen molar-refractivity contribution in [3.8, 4) is 0 Å². The van der Waals surface area contributed by atoms with Gasteiger partial charge >= 0.3 is 5.97 Å². The van der Waals surface area contributed by atoms with Crippen LogP contribution in [0.1, 0.15) is 61.4 Å². The molecule has 0 aliphatic heterocycles. The minimum Gasteiger partial charge on any atom is -0.461 e. The number of ether oxygens (including phenoxy) is 1. The fourth-order valence-electron chi connectivity index (χ4n) is 3.25. The highest BCUT2D eigenvalue weighted by molar-refractivity contribution is 5.88. The highest BCUT2D eigenvalue weighted by atomic mass is 16.5. The molecule has 1 aliphatic rings. The summed E-state index contributed by atoms with van der Waals surface area (Å²) in [5, 5.41) is 4.34. The molecule has 0 bridgehead atoms. The van der Waals surface area contributed by atoms with Gasteiger partial charge in [-0.1, -0.05) is 32.3 Å². The van der Waals surface area contributed by atoms with Crippen molar-refractivity contribution in [2.45, 2.75) is 46.0 Å². The first-order valence-electron chi connectivity index (χ1n) is 8.31. The van der Waals surface area contributed by atoms with Gasteiger partial charge in [0, 0.05) is 11.8 Å². The fraction of sp³-hybridized carbons (Fsp3) is 0.500. The molecule has 1 saturated carbocycles. The Kier molecular flexibility index (Phi) is 4.46. The van der Waals surface area contributed by atoms with Crippen molar-refractivity contribution in [2.24, 2.45) is 5.92 Å². The van der Waals surface area contributed by atoms with Gasteiger partial charge in [0.1, 0.15) is 0 Å². The summed E-state index contributed by atoms with van der Waals surface area (Å²) in [7, 11) is 0. The second kappa shape index (κ2) is 6.52. The molecule has 23 heavy (non-hydrogen) atoms. The zero-order chi connectivity index (χ0) is 16.4. The molecular weight excluding hydrogens is 290 g/mol. The van der Waals surface area contributed by atoms with E-state index in [0.717, 1.165) is 29.3 Å². The Hall–Kier alpha value is -2.17. The Balaban J connectivity index is 1.99. The summed E-state index contributed by atoms with van der Waals surface area (Å²) in [5.74, 6) is 0.304. The molecule has 1 aliphatic carbocycles. The lowest BCUT2D eigenvalue weighted by Gasteiger charge is -2.11. The molecular formula is C18H23N3O2. The van der Waals surface area contributed by atoms with Gasteiger partial charge in [-0.25, -0.2) is 14.3 Å². The van der Waals surface area contributed by atoms with Crippen LogP contribution in [0.2, 0.25) is 0 Å². The van der Waals surface area contributed by atoms with Gasteiger partial charge in [-0.2, -0.15) is 5.10 Å². The average Bonchev–Trinajstić information content (AvgIpc) is 3.15. The topological polar surface area (TPSA) is 56.5 Å². The van der Waals surface area contributed by atoms with E-state index in [2.05, 4.69) is 17.7 Å². The van der Waals surface area contributed by atoms with Gasteiger partial charge in [-0.3, -0.25) is 0 Å². The normalized spacial score (nSPS) is 15.2. The summed E-state index contributed by atoms with van der Waals surface area (Å²) in [6.45, 7) is 8.09. The molecule has 1 fully saturated rings. The van der Waals surface area contributed by atoms with Gasteiger partial charge in [0.25, 0.3) is 0 Å². The molecule has 122 valence electrons. The van der Waals surface area contributed by atoms with Crippen LogP contribution in [-0.4, -0.2) is 27.2 Å². The lowest BCUT2D eigenvalue weighted by Crippen LogP contribution is -2.07. The van der Waals surface area contributed by atoms with Crippen molar-refractivity contribution in [1.82, 2.24) is 14.6 Å². The molecule has 5 heteroatoms.